The summed E-state index contributed by atoms with van der Waals surface area (Å²) in [5.74, 6) is -0.135. The highest BCUT2D eigenvalue weighted by Crippen LogP contribution is 2.47. The number of nitrogens with two attached hydrogens (primary N) is 1. The van der Waals surface area contributed by atoms with Crippen molar-refractivity contribution in [2.45, 2.75) is 19.8 Å². The quantitative estimate of drug-likeness (QED) is 0.355. The van der Waals surface area contributed by atoms with Crippen LogP contribution in [0, 0.1) is 25.2 Å². The summed E-state index contributed by atoms with van der Waals surface area (Å²) in [6, 6.07) is 17.6. The minimum atomic E-state index is -0.632. The second-order valence-electron chi connectivity index (χ2n) is 7.77. The van der Waals surface area contributed by atoms with Crippen molar-refractivity contribution in [3.63, 3.8) is 0 Å². The molecule has 1 heterocycles. The van der Waals surface area contributed by atoms with E-state index in [2.05, 4.69) is 6.07 Å². The molecule has 0 saturated carbocycles. The number of hydrogen-bond donors (Lipinski definition) is 1. The monoisotopic (exact) mass is 494 g/mol. The van der Waals surface area contributed by atoms with Crippen LogP contribution in [0.1, 0.15) is 28.2 Å². The van der Waals surface area contributed by atoms with Crippen molar-refractivity contribution in [2.75, 3.05) is 6.61 Å². The van der Waals surface area contributed by atoms with E-state index in [1.807, 2.05) is 26.0 Å². The molecule has 1 aliphatic heterocycles. The molecule has 1 atom stereocenters. The third kappa shape index (κ3) is 4.67. The van der Waals surface area contributed by atoms with E-state index >= 15 is 0 Å². The SMILES string of the molecule is Cc1ccc(OCC(=O)Oc2ccc3c(c2)OC(N)=C(C#N)C3c2c(Cl)cccc2Cl)cc1C. The summed E-state index contributed by atoms with van der Waals surface area (Å²) in [5.41, 5.74) is 9.58. The number of carbonyl (C=O) groups excluding carboxylic acids is 1. The summed E-state index contributed by atoms with van der Waals surface area (Å²) < 4.78 is 16.6. The van der Waals surface area contributed by atoms with Gasteiger partial charge < -0.3 is 19.9 Å². The van der Waals surface area contributed by atoms with Crippen LogP contribution in [0.25, 0.3) is 0 Å². The molecule has 6 nitrogen and oxygen atoms in total. The molecule has 0 bridgehead atoms. The summed E-state index contributed by atoms with van der Waals surface area (Å²) in [5, 5.41) is 10.5. The van der Waals surface area contributed by atoms with Crippen molar-refractivity contribution < 1.29 is 19.0 Å². The molecule has 2 N–H and O–H groups in total. The van der Waals surface area contributed by atoms with Crippen molar-refractivity contribution in [1.82, 2.24) is 0 Å². The van der Waals surface area contributed by atoms with Crippen LogP contribution >= 0.6 is 23.2 Å². The van der Waals surface area contributed by atoms with Crippen LogP contribution in [0.3, 0.4) is 0 Å². The van der Waals surface area contributed by atoms with Crippen LogP contribution in [-0.2, 0) is 4.79 Å². The second kappa shape index (κ2) is 9.68. The smallest absolute Gasteiger partial charge is 0.349 e. The number of nitrogens with zero attached hydrogens (tertiary/aromatic N) is 1. The zero-order chi connectivity index (χ0) is 24.4. The van der Waals surface area contributed by atoms with Gasteiger partial charge in [-0.15, -0.1) is 0 Å². The first-order valence-electron chi connectivity index (χ1n) is 10.3. The summed E-state index contributed by atoms with van der Waals surface area (Å²) >= 11 is 12.8. The van der Waals surface area contributed by atoms with Gasteiger partial charge in [-0.1, -0.05) is 41.4 Å². The third-order valence-corrected chi connectivity index (χ3v) is 6.20. The topological polar surface area (TPSA) is 94.6 Å². The molecule has 172 valence electrons. The van der Waals surface area contributed by atoms with Gasteiger partial charge in [0.05, 0.1) is 5.92 Å². The highest BCUT2D eigenvalue weighted by Gasteiger charge is 2.33. The molecule has 4 rings (SSSR count). The van der Waals surface area contributed by atoms with E-state index in [9.17, 15) is 10.1 Å². The Morgan fingerprint density at radius 3 is 2.44 bits per heavy atom. The van der Waals surface area contributed by atoms with Gasteiger partial charge in [0, 0.05) is 27.2 Å². The zero-order valence-electron chi connectivity index (χ0n) is 18.4. The fraction of sp³-hybridized carbons (Fsp3) is 0.154. The lowest BCUT2D eigenvalue weighted by molar-refractivity contribution is -0.136. The second-order valence-corrected chi connectivity index (χ2v) is 8.58. The Hall–Kier alpha value is -3.66. The number of aryl methyl sites for hydroxylation is 2. The van der Waals surface area contributed by atoms with Gasteiger partial charge in [-0.3, -0.25) is 0 Å². The minimum absolute atomic E-state index is 0.0717. The lowest BCUT2D eigenvalue weighted by Gasteiger charge is -2.27. The first-order valence-corrected chi connectivity index (χ1v) is 11.1. The first kappa shape index (κ1) is 23.5. The third-order valence-electron chi connectivity index (χ3n) is 5.55. The number of rotatable bonds is 5. The van der Waals surface area contributed by atoms with Gasteiger partial charge in [0.15, 0.2) is 6.61 Å². The lowest BCUT2D eigenvalue weighted by atomic mass is 9.83. The average Bonchev–Trinajstić information content (AvgIpc) is 2.79. The average molecular weight is 495 g/mol. The highest BCUT2D eigenvalue weighted by atomic mass is 35.5. The fourth-order valence-corrected chi connectivity index (χ4v) is 4.30. The van der Waals surface area contributed by atoms with Crippen molar-refractivity contribution >= 4 is 29.2 Å². The van der Waals surface area contributed by atoms with Crippen molar-refractivity contribution in [1.29, 1.82) is 5.26 Å². The molecular formula is C26H20Cl2N2O4. The van der Waals surface area contributed by atoms with E-state index in [0.717, 1.165) is 11.1 Å². The number of esters is 1. The molecule has 8 heteroatoms. The van der Waals surface area contributed by atoms with Crippen LogP contribution in [0.15, 0.2) is 66.1 Å². The molecule has 1 unspecified atom stereocenters. The van der Waals surface area contributed by atoms with Gasteiger partial charge in [0.2, 0.25) is 5.88 Å². The molecule has 3 aromatic carbocycles. The van der Waals surface area contributed by atoms with Crippen molar-refractivity contribution in [2.24, 2.45) is 5.73 Å². The summed E-state index contributed by atoms with van der Waals surface area (Å²) in [7, 11) is 0. The molecule has 0 radical (unpaired) electrons. The van der Waals surface area contributed by atoms with E-state index in [-0.39, 0.29) is 23.8 Å². The van der Waals surface area contributed by atoms with Crippen molar-refractivity contribution in [3.05, 3.63) is 98.4 Å². The predicted octanol–water partition coefficient (Wildman–Crippen LogP) is 5.81. The number of allylic oxidation sites excluding steroid dienone is 1. The lowest BCUT2D eigenvalue weighted by Crippen LogP contribution is -2.22. The minimum Gasteiger partial charge on any atom is -0.482 e. The highest BCUT2D eigenvalue weighted by molar-refractivity contribution is 6.36. The van der Waals surface area contributed by atoms with Gasteiger partial charge in [-0.2, -0.15) is 5.26 Å². The van der Waals surface area contributed by atoms with E-state index in [4.69, 9.17) is 43.1 Å². The van der Waals surface area contributed by atoms with E-state index in [1.54, 1.807) is 36.4 Å². The van der Waals surface area contributed by atoms with Crippen molar-refractivity contribution in [3.8, 4) is 23.3 Å². The summed E-state index contributed by atoms with van der Waals surface area (Å²) in [6.07, 6.45) is 0. The Morgan fingerprint density at radius 1 is 1.06 bits per heavy atom. The standard InChI is InChI=1S/C26H20Cl2N2O4/c1-14-6-7-16(10-15(14)2)32-13-23(31)33-17-8-9-18-22(11-17)34-26(30)19(12-29)24(18)25-20(27)4-3-5-21(25)28/h3-11,24H,13,30H2,1-2H3. The molecular weight excluding hydrogens is 475 g/mol. The predicted molar refractivity (Wildman–Crippen MR) is 129 cm³/mol. The number of ether oxygens (including phenoxy) is 3. The van der Waals surface area contributed by atoms with Gasteiger partial charge in [0.1, 0.15) is 28.9 Å². The zero-order valence-corrected chi connectivity index (χ0v) is 19.9. The number of fused-ring (bicyclic) bond motifs is 1. The normalized spacial score (nSPS) is 14.6. The molecule has 1 aliphatic rings. The molecule has 34 heavy (non-hydrogen) atoms. The fourth-order valence-electron chi connectivity index (χ4n) is 3.69. The molecule has 0 spiro atoms. The maximum absolute atomic E-state index is 12.3. The Bertz CT molecular complexity index is 1340. The summed E-state index contributed by atoms with van der Waals surface area (Å²) in [6.45, 7) is 3.70. The number of halogens is 2. The molecule has 0 aliphatic carbocycles. The number of nitriles is 1. The Kier molecular flexibility index (Phi) is 6.69. The Labute approximate surface area is 207 Å². The van der Waals surface area contributed by atoms with Gasteiger partial charge in [0.25, 0.3) is 0 Å². The maximum Gasteiger partial charge on any atom is 0.349 e. The largest absolute Gasteiger partial charge is 0.482 e. The van der Waals surface area contributed by atoms with Crippen LogP contribution in [-0.4, -0.2) is 12.6 Å². The van der Waals surface area contributed by atoms with Gasteiger partial charge in [-0.25, -0.2) is 4.79 Å². The van der Waals surface area contributed by atoms with Crippen LogP contribution < -0.4 is 19.9 Å². The van der Waals surface area contributed by atoms with E-state index in [1.165, 1.54) is 6.07 Å². The van der Waals surface area contributed by atoms with Crippen LogP contribution in [0.4, 0.5) is 0 Å². The first-order chi connectivity index (χ1) is 16.3. The maximum atomic E-state index is 12.3. The van der Waals surface area contributed by atoms with Crippen LogP contribution in [0.2, 0.25) is 10.0 Å². The number of carbonyl (C=O) groups is 1. The van der Waals surface area contributed by atoms with E-state index < -0.39 is 11.9 Å². The molecule has 0 saturated heterocycles. The molecule has 0 amide bonds. The van der Waals surface area contributed by atoms with Crippen LogP contribution in [0.5, 0.6) is 17.2 Å². The van der Waals surface area contributed by atoms with Gasteiger partial charge >= 0.3 is 5.97 Å². The number of benzene rings is 3. The summed E-state index contributed by atoms with van der Waals surface area (Å²) in [4.78, 5) is 12.3. The molecule has 0 fully saturated rings. The Balaban J connectivity index is 1.57. The van der Waals surface area contributed by atoms with E-state index in [0.29, 0.717) is 32.7 Å². The Morgan fingerprint density at radius 2 is 1.76 bits per heavy atom. The molecule has 3 aromatic rings. The number of hydrogen-bond acceptors (Lipinski definition) is 6. The van der Waals surface area contributed by atoms with Gasteiger partial charge in [-0.05, 0) is 55.3 Å². The molecule has 0 aromatic heterocycles.